The summed E-state index contributed by atoms with van der Waals surface area (Å²) >= 11 is 0. The highest BCUT2D eigenvalue weighted by Gasteiger charge is 2.22. The second-order valence-electron chi connectivity index (χ2n) is 8.72. The van der Waals surface area contributed by atoms with Gasteiger partial charge in [0.15, 0.2) is 0 Å². The lowest BCUT2D eigenvalue weighted by Gasteiger charge is -2.27. The minimum absolute atomic E-state index is 0.195. The van der Waals surface area contributed by atoms with Gasteiger partial charge in [0.05, 0.1) is 18.4 Å². The van der Waals surface area contributed by atoms with E-state index >= 15 is 0 Å². The number of likely N-dealkylation sites (tertiary alicyclic amines) is 1. The number of halogens is 2. The lowest BCUT2D eigenvalue weighted by atomic mass is 9.95. The number of aromatic nitrogens is 3. The van der Waals surface area contributed by atoms with Crippen molar-refractivity contribution in [2.24, 2.45) is 0 Å². The number of hydrogen-bond donors (Lipinski definition) is 0. The van der Waals surface area contributed by atoms with Crippen LogP contribution < -0.4 is 5.56 Å². The number of rotatable bonds is 5. The van der Waals surface area contributed by atoms with Crippen LogP contribution in [0.2, 0.25) is 0 Å². The molecule has 0 radical (unpaired) electrons. The Labute approximate surface area is 195 Å². The summed E-state index contributed by atoms with van der Waals surface area (Å²) in [6.45, 7) is 2.28. The van der Waals surface area contributed by atoms with Crippen molar-refractivity contribution in [1.82, 2.24) is 19.7 Å². The zero-order valence-electron chi connectivity index (χ0n) is 18.7. The zero-order valence-corrected chi connectivity index (χ0v) is 18.7. The van der Waals surface area contributed by atoms with E-state index in [0.717, 1.165) is 48.9 Å². The fourth-order valence-corrected chi connectivity index (χ4v) is 4.30. The van der Waals surface area contributed by atoms with Gasteiger partial charge in [0.1, 0.15) is 17.4 Å². The van der Waals surface area contributed by atoms with E-state index in [1.807, 2.05) is 30.5 Å². The van der Waals surface area contributed by atoms with Gasteiger partial charge < -0.3 is 9.32 Å². The average Bonchev–Trinajstić information content (AvgIpc) is 3.31. The summed E-state index contributed by atoms with van der Waals surface area (Å²) in [6.07, 6.45) is 3.91. The molecule has 6 nitrogen and oxygen atoms in total. The van der Waals surface area contributed by atoms with E-state index in [1.54, 1.807) is 0 Å². The van der Waals surface area contributed by atoms with Crippen LogP contribution in [0.5, 0.6) is 0 Å². The van der Waals surface area contributed by atoms with Gasteiger partial charge in [0, 0.05) is 29.2 Å². The molecule has 3 heterocycles. The van der Waals surface area contributed by atoms with Crippen molar-refractivity contribution in [3.8, 4) is 22.7 Å². The standard InChI is InChI=1S/C26H24F2N4O2/c1-31-9-7-18(8-10-31)24-15-29-26(34-24)19-4-2-3-17(11-19)16-32-25(33)6-5-23(30-32)20-12-21(27)14-22(28)13-20/h2-6,11-15,18H,7-10,16H2,1H3. The van der Waals surface area contributed by atoms with Crippen molar-refractivity contribution in [3.05, 3.63) is 94.1 Å². The van der Waals surface area contributed by atoms with Crippen LogP contribution in [0.15, 0.2) is 70.0 Å². The van der Waals surface area contributed by atoms with Crippen molar-refractivity contribution < 1.29 is 13.2 Å². The van der Waals surface area contributed by atoms with E-state index in [1.165, 1.54) is 28.9 Å². The van der Waals surface area contributed by atoms with Crippen molar-refractivity contribution in [2.45, 2.75) is 25.3 Å². The molecule has 0 saturated carbocycles. The quantitative estimate of drug-likeness (QED) is 0.430. The largest absolute Gasteiger partial charge is 0.441 e. The number of benzene rings is 2. The maximum absolute atomic E-state index is 13.6. The van der Waals surface area contributed by atoms with Crippen LogP contribution in [0.1, 0.15) is 30.1 Å². The first kappa shape index (κ1) is 22.2. The Morgan fingerprint density at radius 2 is 1.76 bits per heavy atom. The van der Waals surface area contributed by atoms with Crippen molar-refractivity contribution in [3.63, 3.8) is 0 Å². The lowest BCUT2D eigenvalue weighted by molar-refractivity contribution is 0.241. The van der Waals surface area contributed by atoms with Gasteiger partial charge in [0.25, 0.3) is 5.56 Å². The topological polar surface area (TPSA) is 64.2 Å². The molecule has 0 spiro atoms. The van der Waals surface area contributed by atoms with Crippen LogP contribution in [0.4, 0.5) is 8.78 Å². The third-order valence-electron chi connectivity index (χ3n) is 6.18. The Balaban J connectivity index is 1.38. The number of oxazole rings is 1. The Bertz CT molecular complexity index is 1350. The molecule has 4 aromatic rings. The van der Waals surface area contributed by atoms with Crippen LogP contribution in [-0.4, -0.2) is 39.8 Å². The van der Waals surface area contributed by atoms with Crippen LogP contribution in [0, 0.1) is 11.6 Å². The molecular weight excluding hydrogens is 438 g/mol. The Morgan fingerprint density at radius 3 is 2.53 bits per heavy atom. The molecule has 1 aliphatic rings. The van der Waals surface area contributed by atoms with E-state index in [9.17, 15) is 13.6 Å². The summed E-state index contributed by atoms with van der Waals surface area (Å²) in [5.74, 6) is 0.418. The minimum atomic E-state index is -0.701. The Kier molecular flexibility index (Phi) is 6.06. The van der Waals surface area contributed by atoms with E-state index < -0.39 is 11.6 Å². The molecule has 174 valence electrons. The van der Waals surface area contributed by atoms with Gasteiger partial charge in [0.2, 0.25) is 5.89 Å². The minimum Gasteiger partial charge on any atom is -0.441 e. The molecular formula is C26H24F2N4O2. The fraction of sp³-hybridized carbons (Fsp3) is 0.269. The summed E-state index contributed by atoms with van der Waals surface area (Å²) in [4.78, 5) is 19.2. The molecule has 0 N–H and O–H groups in total. The van der Waals surface area contributed by atoms with E-state index in [2.05, 4.69) is 22.0 Å². The number of piperidine rings is 1. The zero-order chi connectivity index (χ0) is 23.7. The summed E-state index contributed by atoms with van der Waals surface area (Å²) in [7, 11) is 2.12. The molecule has 0 unspecified atom stereocenters. The van der Waals surface area contributed by atoms with Gasteiger partial charge in [-0.3, -0.25) is 4.79 Å². The smallest absolute Gasteiger partial charge is 0.267 e. The van der Waals surface area contributed by atoms with Crippen molar-refractivity contribution in [1.29, 1.82) is 0 Å². The maximum Gasteiger partial charge on any atom is 0.267 e. The Hall–Kier alpha value is -3.65. The van der Waals surface area contributed by atoms with Crippen LogP contribution >= 0.6 is 0 Å². The SMILES string of the molecule is CN1CCC(c2cnc(-c3cccc(Cn4nc(-c5cc(F)cc(F)c5)ccc4=O)c3)o2)CC1. The fourth-order valence-electron chi connectivity index (χ4n) is 4.30. The highest BCUT2D eigenvalue weighted by atomic mass is 19.1. The van der Waals surface area contributed by atoms with Crippen molar-refractivity contribution in [2.75, 3.05) is 20.1 Å². The van der Waals surface area contributed by atoms with Crippen LogP contribution in [0.25, 0.3) is 22.7 Å². The second kappa shape index (κ2) is 9.30. The van der Waals surface area contributed by atoms with E-state index in [0.29, 0.717) is 17.5 Å². The first-order chi connectivity index (χ1) is 16.4. The van der Waals surface area contributed by atoms with E-state index in [-0.39, 0.29) is 17.7 Å². The second-order valence-corrected chi connectivity index (χ2v) is 8.72. The highest BCUT2D eigenvalue weighted by Crippen LogP contribution is 2.30. The summed E-state index contributed by atoms with van der Waals surface area (Å²) in [5.41, 5.74) is 1.90. The van der Waals surface area contributed by atoms with Gasteiger partial charge in [-0.05, 0) is 68.9 Å². The van der Waals surface area contributed by atoms with Gasteiger partial charge in [-0.15, -0.1) is 0 Å². The molecule has 0 atom stereocenters. The predicted octanol–water partition coefficient (Wildman–Crippen LogP) is 4.70. The number of nitrogens with zero attached hydrogens (tertiary/aromatic N) is 4. The molecule has 2 aromatic carbocycles. The number of hydrogen-bond acceptors (Lipinski definition) is 5. The third kappa shape index (κ3) is 4.82. The van der Waals surface area contributed by atoms with Gasteiger partial charge in [-0.2, -0.15) is 5.10 Å². The lowest BCUT2D eigenvalue weighted by Crippen LogP contribution is -2.29. The maximum atomic E-state index is 13.6. The predicted molar refractivity (Wildman–Crippen MR) is 124 cm³/mol. The summed E-state index contributed by atoms with van der Waals surface area (Å²) < 4.78 is 34.6. The molecule has 1 saturated heterocycles. The third-order valence-corrected chi connectivity index (χ3v) is 6.18. The van der Waals surface area contributed by atoms with E-state index in [4.69, 9.17) is 4.42 Å². The average molecular weight is 463 g/mol. The van der Waals surface area contributed by atoms with Crippen LogP contribution in [0.3, 0.4) is 0 Å². The highest BCUT2D eigenvalue weighted by molar-refractivity contribution is 5.58. The summed E-state index contributed by atoms with van der Waals surface area (Å²) in [6, 6.07) is 13.6. The van der Waals surface area contributed by atoms with Crippen LogP contribution in [-0.2, 0) is 6.54 Å². The van der Waals surface area contributed by atoms with Gasteiger partial charge in [-0.25, -0.2) is 18.4 Å². The molecule has 0 bridgehead atoms. The molecule has 34 heavy (non-hydrogen) atoms. The first-order valence-electron chi connectivity index (χ1n) is 11.2. The van der Waals surface area contributed by atoms with Crippen molar-refractivity contribution >= 4 is 0 Å². The summed E-state index contributed by atoms with van der Waals surface area (Å²) in [5, 5.41) is 4.32. The normalized spacial score (nSPS) is 15.0. The molecule has 2 aromatic heterocycles. The molecule has 0 amide bonds. The Morgan fingerprint density at radius 1 is 1.00 bits per heavy atom. The molecule has 0 aliphatic carbocycles. The monoisotopic (exact) mass is 462 g/mol. The first-order valence-corrected chi connectivity index (χ1v) is 11.2. The molecule has 8 heteroatoms. The van der Waals surface area contributed by atoms with Gasteiger partial charge in [-0.1, -0.05) is 12.1 Å². The molecule has 1 fully saturated rings. The molecule has 1 aliphatic heterocycles. The molecule has 5 rings (SSSR count). The van der Waals surface area contributed by atoms with Gasteiger partial charge >= 0.3 is 0 Å².